The van der Waals surface area contributed by atoms with Crippen molar-refractivity contribution in [1.29, 1.82) is 0 Å². The zero-order valence-electron chi connectivity index (χ0n) is 10.4. The summed E-state index contributed by atoms with van der Waals surface area (Å²) in [4.78, 5) is 24.4. The minimum Gasteiger partial charge on any atom is -0.497 e. The van der Waals surface area contributed by atoms with Crippen LogP contribution in [0, 0.1) is 0 Å². The predicted molar refractivity (Wildman–Crippen MR) is 64.3 cm³/mol. The zero-order chi connectivity index (χ0) is 13.1. The Labute approximate surface area is 105 Å². The normalized spacial score (nSPS) is 15.1. The molecule has 5 nitrogen and oxygen atoms in total. The number of hydrogen-bond acceptors (Lipinski definition) is 4. The molecule has 1 aliphatic heterocycles. The lowest BCUT2D eigenvalue weighted by Crippen LogP contribution is -2.28. The van der Waals surface area contributed by atoms with Crippen LogP contribution in [0.5, 0.6) is 11.5 Å². The zero-order valence-corrected chi connectivity index (χ0v) is 10.4. The Morgan fingerprint density at radius 3 is 2.33 bits per heavy atom. The highest BCUT2D eigenvalue weighted by molar-refractivity contribution is 6.01. The second-order valence-electron chi connectivity index (χ2n) is 4.05. The molecule has 0 N–H and O–H groups in total. The maximum absolute atomic E-state index is 11.6. The van der Waals surface area contributed by atoms with Gasteiger partial charge in [0.05, 0.1) is 20.8 Å². The second kappa shape index (κ2) is 5.08. The smallest absolute Gasteiger partial charge is 0.230 e. The second-order valence-corrected chi connectivity index (χ2v) is 4.05. The summed E-state index contributed by atoms with van der Waals surface area (Å²) >= 11 is 0. The van der Waals surface area contributed by atoms with Crippen LogP contribution in [0.2, 0.25) is 0 Å². The van der Waals surface area contributed by atoms with Gasteiger partial charge in [-0.1, -0.05) is 0 Å². The Kier molecular flexibility index (Phi) is 3.50. The van der Waals surface area contributed by atoms with Crippen molar-refractivity contribution < 1.29 is 19.1 Å². The number of methoxy groups -OCH3 is 2. The molecule has 0 bridgehead atoms. The van der Waals surface area contributed by atoms with E-state index in [0.29, 0.717) is 24.3 Å². The molecule has 2 amide bonds. The first kappa shape index (κ1) is 12.4. The SMILES string of the molecule is COc1ccc(OC)c(CN2C(=O)CCC2=O)c1. The van der Waals surface area contributed by atoms with Crippen LogP contribution in [-0.2, 0) is 16.1 Å². The largest absolute Gasteiger partial charge is 0.497 e. The van der Waals surface area contributed by atoms with Crippen LogP contribution >= 0.6 is 0 Å². The van der Waals surface area contributed by atoms with E-state index in [1.807, 2.05) is 0 Å². The first-order valence-electron chi connectivity index (χ1n) is 5.70. The van der Waals surface area contributed by atoms with Gasteiger partial charge in [-0.2, -0.15) is 0 Å². The monoisotopic (exact) mass is 249 g/mol. The van der Waals surface area contributed by atoms with Gasteiger partial charge in [0.1, 0.15) is 11.5 Å². The van der Waals surface area contributed by atoms with Gasteiger partial charge < -0.3 is 9.47 Å². The van der Waals surface area contributed by atoms with E-state index in [2.05, 4.69) is 0 Å². The van der Waals surface area contributed by atoms with Crippen molar-refractivity contribution in [1.82, 2.24) is 4.90 Å². The molecule has 2 rings (SSSR count). The van der Waals surface area contributed by atoms with Crippen molar-refractivity contribution in [3.8, 4) is 11.5 Å². The molecule has 0 saturated carbocycles. The Morgan fingerprint density at radius 1 is 1.11 bits per heavy atom. The summed E-state index contributed by atoms with van der Waals surface area (Å²) in [6.07, 6.45) is 0.593. The molecule has 0 unspecified atom stereocenters. The first-order chi connectivity index (χ1) is 8.65. The third-order valence-corrected chi connectivity index (χ3v) is 2.97. The van der Waals surface area contributed by atoms with Gasteiger partial charge in [0.25, 0.3) is 0 Å². The summed E-state index contributed by atoms with van der Waals surface area (Å²) in [6.45, 7) is 0.234. The Bertz CT molecular complexity index is 468. The first-order valence-corrected chi connectivity index (χ1v) is 5.70. The lowest BCUT2D eigenvalue weighted by Gasteiger charge is -2.16. The number of imide groups is 1. The summed E-state index contributed by atoms with van der Waals surface area (Å²) in [6, 6.07) is 5.31. The average Bonchev–Trinajstić information content (AvgIpc) is 2.70. The molecule has 1 fully saturated rings. The molecule has 96 valence electrons. The maximum atomic E-state index is 11.6. The molecule has 1 saturated heterocycles. The van der Waals surface area contributed by atoms with Gasteiger partial charge in [-0.05, 0) is 18.2 Å². The topological polar surface area (TPSA) is 55.8 Å². The number of nitrogens with zero attached hydrogens (tertiary/aromatic N) is 1. The van der Waals surface area contributed by atoms with E-state index >= 15 is 0 Å². The molecule has 1 aromatic carbocycles. The van der Waals surface area contributed by atoms with Crippen LogP contribution in [0.1, 0.15) is 18.4 Å². The van der Waals surface area contributed by atoms with Gasteiger partial charge in [0.2, 0.25) is 11.8 Å². The van der Waals surface area contributed by atoms with Crippen LogP contribution in [0.15, 0.2) is 18.2 Å². The Balaban J connectivity index is 2.26. The van der Waals surface area contributed by atoms with Crippen LogP contribution in [0.25, 0.3) is 0 Å². The maximum Gasteiger partial charge on any atom is 0.230 e. The van der Waals surface area contributed by atoms with Crippen molar-refractivity contribution >= 4 is 11.8 Å². The minimum atomic E-state index is -0.134. The van der Waals surface area contributed by atoms with Crippen molar-refractivity contribution in [2.45, 2.75) is 19.4 Å². The molecule has 5 heteroatoms. The minimum absolute atomic E-state index is 0.134. The van der Waals surface area contributed by atoms with Crippen LogP contribution in [0.4, 0.5) is 0 Å². The number of benzene rings is 1. The molecule has 1 heterocycles. The highest BCUT2D eigenvalue weighted by Crippen LogP contribution is 2.27. The highest BCUT2D eigenvalue weighted by Gasteiger charge is 2.29. The van der Waals surface area contributed by atoms with E-state index in [4.69, 9.17) is 9.47 Å². The van der Waals surface area contributed by atoms with Gasteiger partial charge in [-0.15, -0.1) is 0 Å². The third kappa shape index (κ3) is 2.30. The van der Waals surface area contributed by atoms with Crippen LogP contribution in [0.3, 0.4) is 0 Å². The van der Waals surface area contributed by atoms with Crippen molar-refractivity contribution in [3.05, 3.63) is 23.8 Å². The summed E-state index contributed by atoms with van der Waals surface area (Å²) in [7, 11) is 3.12. The lowest BCUT2D eigenvalue weighted by atomic mass is 10.1. The predicted octanol–water partition coefficient (Wildman–Crippen LogP) is 1.35. The molecule has 0 aromatic heterocycles. The van der Waals surface area contributed by atoms with Gasteiger partial charge in [0.15, 0.2) is 0 Å². The number of amides is 2. The third-order valence-electron chi connectivity index (χ3n) is 2.97. The summed E-state index contributed by atoms with van der Waals surface area (Å²) in [5.74, 6) is 1.04. The summed E-state index contributed by atoms with van der Waals surface area (Å²) in [5.41, 5.74) is 0.764. The van der Waals surface area contributed by atoms with Crippen molar-refractivity contribution in [2.75, 3.05) is 14.2 Å². The number of hydrogen-bond donors (Lipinski definition) is 0. The number of carbonyl (C=O) groups is 2. The molecule has 18 heavy (non-hydrogen) atoms. The van der Waals surface area contributed by atoms with E-state index < -0.39 is 0 Å². The van der Waals surface area contributed by atoms with Gasteiger partial charge >= 0.3 is 0 Å². The Morgan fingerprint density at radius 2 is 1.78 bits per heavy atom. The molecule has 1 aromatic rings. The Hall–Kier alpha value is -2.04. The van der Waals surface area contributed by atoms with Crippen LogP contribution < -0.4 is 9.47 Å². The number of carbonyl (C=O) groups excluding carboxylic acids is 2. The number of rotatable bonds is 4. The van der Waals surface area contributed by atoms with Crippen molar-refractivity contribution in [2.24, 2.45) is 0 Å². The highest BCUT2D eigenvalue weighted by atomic mass is 16.5. The van der Waals surface area contributed by atoms with Gasteiger partial charge in [0, 0.05) is 18.4 Å². The van der Waals surface area contributed by atoms with E-state index in [0.717, 1.165) is 5.56 Å². The van der Waals surface area contributed by atoms with Crippen LogP contribution in [-0.4, -0.2) is 30.9 Å². The van der Waals surface area contributed by atoms with E-state index in [1.165, 1.54) is 4.90 Å². The van der Waals surface area contributed by atoms with Gasteiger partial charge in [-0.25, -0.2) is 0 Å². The van der Waals surface area contributed by atoms with E-state index in [9.17, 15) is 9.59 Å². The fraction of sp³-hybridized carbons (Fsp3) is 0.385. The molecule has 0 atom stereocenters. The molecule has 1 aliphatic rings. The summed E-state index contributed by atoms with van der Waals surface area (Å²) < 4.78 is 10.3. The molecule has 0 spiro atoms. The van der Waals surface area contributed by atoms with Crippen molar-refractivity contribution in [3.63, 3.8) is 0 Å². The molecular weight excluding hydrogens is 234 g/mol. The fourth-order valence-corrected chi connectivity index (χ4v) is 1.98. The van der Waals surface area contributed by atoms with E-state index in [-0.39, 0.29) is 18.4 Å². The number of likely N-dealkylation sites (tertiary alicyclic amines) is 1. The lowest BCUT2D eigenvalue weighted by molar-refractivity contribution is -0.139. The quantitative estimate of drug-likeness (QED) is 0.756. The standard InChI is InChI=1S/C13H15NO4/c1-17-10-3-4-11(18-2)9(7-10)8-14-12(15)5-6-13(14)16/h3-4,7H,5-6,8H2,1-2H3. The summed E-state index contributed by atoms with van der Waals surface area (Å²) in [5, 5.41) is 0. The molecule has 0 aliphatic carbocycles. The molecular formula is C13H15NO4. The average molecular weight is 249 g/mol. The molecule has 0 radical (unpaired) electrons. The number of ether oxygens (including phenoxy) is 2. The van der Waals surface area contributed by atoms with Gasteiger partial charge in [-0.3, -0.25) is 14.5 Å². The van der Waals surface area contributed by atoms with E-state index in [1.54, 1.807) is 32.4 Å². The fourth-order valence-electron chi connectivity index (χ4n) is 1.98.